The van der Waals surface area contributed by atoms with Crippen LogP contribution in [0.25, 0.3) is 0 Å². The largest absolute Gasteiger partial charge is 0.338 e. The van der Waals surface area contributed by atoms with Crippen LogP contribution in [0.4, 0.5) is 4.79 Å². The molecule has 1 aliphatic heterocycles. The second-order valence-electron chi connectivity index (χ2n) is 6.90. The lowest BCUT2D eigenvalue weighted by Gasteiger charge is -2.34. The molecule has 1 N–H and O–H groups in total. The molecule has 6 heteroatoms. The maximum Gasteiger partial charge on any atom is 0.317 e. The Labute approximate surface area is 139 Å². The first-order valence-corrected chi connectivity index (χ1v) is 8.50. The number of hydrogen-bond acceptors (Lipinski definition) is 4. The predicted molar refractivity (Wildman–Crippen MR) is 90.9 cm³/mol. The van der Waals surface area contributed by atoms with Gasteiger partial charge in [-0.25, -0.2) is 4.79 Å². The molecule has 1 aromatic heterocycles. The molecule has 1 saturated heterocycles. The van der Waals surface area contributed by atoms with Gasteiger partial charge >= 0.3 is 6.03 Å². The fraction of sp³-hybridized carbons (Fsp3) is 0.706. The highest BCUT2D eigenvalue weighted by Gasteiger charge is 2.21. The van der Waals surface area contributed by atoms with Crippen molar-refractivity contribution >= 4 is 6.03 Å². The molecule has 128 valence electrons. The second-order valence-corrected chi connectivity index (χ2v) is 6.90. The summed E-state index contributed by atoms with van der Waals surface area (Å²) in [6, 6.07) is -0.0448. The van der Waals surface area contributed by atoms with Gasteiger partial charge in [0.25, 0.3) is 0 Å². The highest BCUT2D eigenvalue weighted by atomic mass is 16.2. The van der Waals surface area contributed by atoms with Crippen LogP contribution in [0.3, 0.4) is 0 Å². The van der Waals surface area contributed by atoms with Crippen molar-refractivity contribution in [1.29, 1.82) is 0 Å². The van der Waals surface area contributed by atoms with E-state index in [1.165, 1.54) is 19.4 Å². The molecule has 1 aromatic rings. The van der Waals surface area contributed by atoms with Gasteiger partial charge in [-0.1, -0.05) is 13.8 Å². The van der Waals surface area contributed by atoms with Crippen molar-refractivity contribution in [2.24, 2.45) is 11.8 Å². The smallest absolute Gasteiger partial charge is 0.317 e. The lowest BCUT2D eigenvalue weighted by Crippen LogP contribution is -2.44. The van der Waals surface area contributed by atoms with Crippen LogP contribution in [-0.2, 0) is 6.54 Å². The number of amides is 2. The topological polar surface area (TPSA) is 61.4 Å². The molecular weight excluding hydrogens is 290 g/mol. The van der Waals surface area contributed by atoms with Gasteiger partial charge in [-0.15, -0.1) is 0 Å². The summed E-state index contributed by atoms with van der Waals surface area (Å²) in [5.74, 6) is 1.25. The van der Waals surface area contributed by atoms with Gasteiger partial charge in [0.15, 0.2) is 0 Å². The molecule has 2 heterocycles. The van der Waals surface area contributed by atoms with Crippen LogP contribution < -0.4 is 5.32 Å². The van der Waals surface area contributed by atoms with E-state index in [1.807, 2.05) is 0 Å². The Morgan fingerprint density at radius 2 is 2.30 bits per heavy atom. The molecule has 0 aliphatic carbocycles. The Morgan fingerprint density at radius 3 is 3.00 bits per heavy atom. The van der Waals surface area contributed by atoms with E-state index in [0.29, 0.717) is 18.4 Å². The van der Waals surface area contributed by atoms with Crippen molar-refractivity contribution in [2.45, 2.75) is 33.2 Å². The van der Waals surface area contributed by atoms with E-state index in [-0.39, 0.29) is 6.03 Å². The number of likely N-dealkylation sites (tertiary alicyclic amines) is 1. The second kappa shape index (κ2) is 8.82. The fourth-order valence-corrected chi connectivity index (χ4v) is 3.09. The van der Waals surface area contributed by atoms with Crippen LogP contribution in [-0.4, -0.2) is 59.0 Å². The zero-order valence-electron chi connectivity index (χ0n) is 14.5. The summed E-state index contributed by atoms with van der Waals surface area (Å²) in [5.41, 5.74) is 0.797. The zero-order valence-corrected chi connectivity index (χ0v) is 14.5. The Bertz CT molecular complexity index is 479. The molecule has 2 amide bonds. The number of urea groups is 1. The predicted octanol–water partition coefficient (Wildman–Crippen LogP) is 1.99. The summed E-state index contributed by atoms with van der Waals surface area (Å²) in [7, 11) is 1.79. The highest BCUT2D eigenvalue weighted by Crippen LogP contribution is 2.16. The van der Waals surface area contributed by atoms with E-state index < -0.39 is 0 Å². The number of carbonyl (C=O) groups excluding carboxylic acids is 1. The van der Waals surface area contributed by atoms with Gasteiger partial charge in [0, 0.05) is 39.1 Å². The maximum atomic E-state index is 12.2. The third-order valence-electron chi connectivity index (χ3n) is 4.13. The van der Waals surface area contributed by atoms with Gasteiger partial charge in [-0.05, 0) is 31.2 Å². The van der Waals surface area contributed by atoms with Gasteiger partial charge < -0.3 is 15.1 Å². The van der Waals surface area contributed by atoms with E-state index in [9.17, 15) is 4.79 Å². The molecule has 1 unspecified atom stereocenters. The van der Waals surface area contributed by atoms with Gasteiger partial charge in [-0.3, -0.25) is 9.97 Å². The highest BCUT2D eigenvalue weighted by molar-refractivity contribution is 5.73. The third-order valence-corrected chi connectivity index (χ3v) is 4.13. The van der Waals surface area contributed by atoms with E-state index in [2.05, 4.69) is 34.0 Å². The summed E-state index contributed by atoms with van der Waals surface area (Å²) in [5, 5.41) is 3.06. The van der Waals surface area contributed by atoms with Crippen molar-refractivity contribution in [1.82, 2.24) is 25.1 Å². The Hall–Kier alpha value is -1.69. The molecule has 1 fully saturated rings. The van der Waals surface area contributed by atoms with Crippen LogP contribution in [0.15, 0.2) is 18.6 Å². The number of nitrogens with one attached hydrogen (secondary N) is 1. The SMILES string of the molecule is CC(C)CN1CCCC(CNC(=O)N(C)Cc2cnccn2)C1. The van der Waals surface area contributed by atoms with Crippen molar-refractivity contribution in [2.75, 3.05) is 33.2 Å². The monoisotopic (exact) mass is 319 g/mol. The molecule has 23 heavy (non-hydrogen) atoms. The number of aromatic nitrogens is 2. The molecule has 0 saturated carbocycles. The molecule has 0 spiro atoms. The Morgan fingerprint density at radius 1 is 1.48 bits per heavy atom. The minimum atomic E-state index is -0.0448. The van der Waals surface area contributed by atoms with Crippen LogP contribution in [0, 0.1) is 11.8 Å². The van der Waals surface area contributed by atoms with Gasteiger partial charge in [0.2, 0.25) is 0 Å². The molecule has 0 aromatic carbocycles. The average molecular weight is 319 g/mol. The van der Waals surface area contributed by atoms with Crippen molar-refractivity contribution in [3.05, 3.63) is 24.3 Å². The number of piperidine rings is 1. The first-order valence-electron chi connectivity index (χ1n) is 8.50. The summed E-state index contributed by atoms with van der Waals surface area (Å²) < 4.78 is 0. The lowest BCUT2D eigenvalue weighted by molar-refractivity contribution is 0.154. The number of hydrogen-bond donors (Lipinski definition) is 1. The van der Waals surface area contributed by atoms with Gasteiger partial charge in [0.05, 0.1) is 18.4 Å². The number of rotatable bonds is 6. The van der Waals surface area contributed by atoms with Crippen molar-refractivity contribution in [3.63, 3.8) is 0 Å². The van der Waals surface area contributed by atoms with Gasteiger partial charge in [-0.2, -0.15) is 0 Å². The normalized spacial score (nSPS) is 18.9. The minimum absolute atomic E-state index is 0.0448. The summed E-state index contributed by atoms with van der Waals surface area (Å²) in [6.45, 7) is 9.17. The van der Waals surface area contributed by atoms with Crippen LogP contribution in [0.2, 0.25) is 0 Å². The molecule has 1 aliphatic rings. The number of carbonyl (C=O) groups is 1. The Kier molecular flexibility index (Phi) is 6.77. The molecule has 0 bridgehead atoms. The molecular formula is C17H29N5O. The van der Waals surface area contributed by atoms with E-state index >= 15 is 0 Å². The van der Waals surface area contributed by atoms with Crippen LogP contribution in [0.5, 0.6) is 0 Å². The standard InChI is InChI=1S/C17H29N5O/c1-14(2)11-22-8-4-5-15(12-22)9-20-17(23)21(3)13-16-10-18-6-7-19-16/h6-7,10,14-15H,4-5,8-9,11-13H2,1-3H3,(H,20,23). The lowest BCUT2D eigenvalue weighted by atomic mass is 9.97. The van der Waals surface area contributed by atoms with Gasteiger partial charge in [0.1, 0.15) is 0 Å². The van der Waals surface area contributed by atoms with E-state index in [0.717, 1.165) is 25.3 Å². The first kappa shape index (κ1) is 17.7. The minimum Gasteiger partial charge on any atom is -0.338 e. The molecule has 2 rings (SSSR count). The van der Waals surface area contributed by atoms with E-state index in [1.54, 1.807) is 30.5 Å². The molecule has 6 nitrogen and oxygen atoms in total. The van der Waals surface area contributed by atoms with Crippen LogP contribution >= 0.6 is 0 Å². The average Bonchev–Trinajstić information content (AvgIpc) is 2.53. The third kappa shape index (κ3) is 6.14. The van der Waals surface area contributed by atoms with Crippen molar-refractivity contribution < 1.29 is 4.79 Å². The quantitative estimate of drug-likeness (QED) is 0.871. The fourth-order valence-electron chi connectivity index (χ4n) is 3.09. The summed E-state index contributed by atoms with van der Waals surface area (Å²) in [4.78, 5) is 24.6. The number of nitrogens with zero attached hydrogens (tertiary/aromatic N) is 4. The molecule has 0 radical (unpaired) electrons. The maximum absolute atomic E-state index is 12.2. The summed E-state index contributed by atoms with van der Waals surface area (Å²) in [6.07, 6.45) is 7.39. The summed E-state index contributed by atoms with van der Waals surface area (Å²) >= 11 is 0. The molecule has 1 atom stereocenters. The van der Waals surface area contributed by atoms with E-state index in [4.69, 9.17) is 0 Å². The van der Waals surface area contributed by atoms with Crippen LogP contribution in [0.1, 0.15) is 32.4 Å². The zero-order chi connectivity index (χ0) is 16.7. The first-order chi connectivity index (χ1) is 11.0. The van der Waals surface area contributed by atoms with Crippen molar-refractivity contribution in [3.8, 4) is 0 Å². The Balaban J connectivity index is 1.73.